The van der Waals surface area contributed by atoms with E-state index in [9.17, 15) is 9.59 Å². The number of nitrogens with one attached hydrogen (secondary N) is 2. The van der Waals surface area contributed by atoms with Crippen molar-refractivity contribution in [1.29, 1.82) is 5.26 Å². The van der Waals surface area contributed by atoms with E-state index in [1.807, 2.05) is 13.0 Å². The van der Waals surface area contributed by atoms with Gasteiger partial charge >= 0.3 is 5.97 Å². The van der Waals surface area contributed by atoms with Crippen LogP contribution in [0.2, 0.25) is 0 Å². The summed E-state index contributed by atoms with van der Waals surface area (Å²) in [6.07, 6.45) is 2.62. The van der Waals surface area contributed by atoms with Crippen LogP contribution < -0.4 is 10.6 Å². The predicted molar refractivity (Wildman–Crippen MR) is 71.4 cm³/mol. The maximum Gasteiger partial charge on any atom is 0.306 e. The first-order valence-electron chi connectivity index (χ1n) is 6.57. The second kappa shape index (κ2) is 10.3. The van der Waals surface area contributed by atoms with Crippen molar-refractivity contribution in [2.75, 3.05) is 13.1 Å². The molecule has 6 nitrogen and oxygen atoms in total. The van der Waals surface area contributed by atoms with Crippen LogP contribution in [0.1, 0.15) is 39.5 Å². The number of amides is 1. The zero-order valence-corrected chi connectivity index (χ0v) is 11.6. The van der Waals surface area contributed by atoms with Gasteiger partial charge in [0.25, 0.3) is 0 Å². The fraction of sp³-hybridized carbons (Fsp3) is 0.769. The maximum absolute atomic E-state index is 11.3. The van der Waals surface area contributed by atoms with Gasteiger partial charge in [-0.25, -0.2) is 0 Å². The van der Waals surface area contributed by atoms with Gasteiger partial charge in [-0.3, -0.25) is 9.59 Å². The van der Waals surface area contributed by atoms with E-state index in [1.165, 1.54) is 0 Å². The van der Waals surface area contributed by atoms with Crippen LogP contribution in [0.3, 0.4) is 0 Å². The van der Waals surface area contributed by atoms with Crippen LogP contribution in [0.25, 0.3) is 0 Å². The van der Waals surface area contributed by atoms with E-state index in [-0.39, 0.29) is 24.4 Å². The molecule has 0 aromatic rings. The van der Waals surface area contributed by atoms with Gasteiger partial charge in [-0.15, -0.1) is 0 Å². The number of hydrogen-bond acceptors (Lipinski definition) is 4. The molecule has 0 radical (unpaired) electrons. The van der Waals surface area contributed by atoms with Crippen molar-refractivity contribution in [3.05, 3.63) is 0 Å². The highest BCUT2D eigenvalue weighted by molar-refractivity contribution is 5.77. The molecule has 0 aromatic carbocycles. The van der Waals surface area contributed by atoms with Crippen LogP contribution >= 0.6 is 0 Å². The number of aliphatic carboxylic acids is 1. The molecule has 6 heteroatoms. The van der Waals surface area contributed by atoms with Gasteiger partial charge in [-0.05, 0) is 19.8 Å². The third-order valence-corrected chi connectivity index (χ3v) is 2.87. The van der Waals surface area contributed by atoms with Gasteiger partial charge in [0.05, 0.1) is 25.0 Å². The molecule has 0 aromatic heterocycles. The smallest absolute Gasteiger partial charge is 0.306 e. The lowest BCUT2D eigenvalue weighted by Crippen LogP contribution is -2.38. The topological polar surface area (TPSA) is 102 Å². The average molecular weight is 269 g/mol. The van der Waals surface area contributed by atoms with Crippen LogP contribution in [0.15, 0.2) is 0 Å². The zero-order valence-electron chi connectivity index (χ0n) is 11.6. The molecular formula is C13H23N3O3. The number of rotatable bonds is 10. The molecule has 1 amide bonds. The molecule has 0 bridgehead atoms. The number of carbonyl (C=O) groups is 2. The predicted octanol–water partition coefficient (Wildman–Crippen LogP) is 0.885. The molecule has 19 heavy (non-hydrogen) atoms. The summed E-state index contributed by atoms with van der Waals surface area (Å²) in [6, 6.07) is 2.12. The van der Waals surface area contributed by atoms with Crippen molar-refractivity contribution < 1.29 is 14.7 Å². The van der Waals surface area contributed by atoms with Crippen molar-refractivity contribution in [2.45, 2.75) is 45.6 Å². The molecule has 2 unspecified atom stereocenters. The minimum atomic E-state index is -0.766. The standard InChI is InChI=1S/C13H23N3O3/c1-10(13(18)19)5-3-6-11(2)16-9-12(17)15-8-4-7-14/h10-11,16H,3-6,8-9H2,1-2H3,(H,15,17)(H,18,19). The first kappa shape index (κ1) is 17.4. The molecule has 0 aliphatic carbocycles. The fourth-order valence-electron chi connectivity index (χ4n) is 1.54. The number of carboxylic acid groups (broad SMARTS) is 1. The molecule has 0 aliphatic heterocycles. The normalized spacial score (nSPS) is 13.3. The van der Waals surface area contributed by atoms with Crippen LogP contribution in [0, 0.1) is 17.2 Å². The summed E-state index contributed by atoms with van der Waals surface area (Å²) >= 11 is 0. The van der Waals surface area contributed by atoms with Crippen molar-refractivity contribution in [3.8, 4) is 6.07 Å². The number of hydrogen-bond donors (Lipinski definition) is 3. The Hall–Kier alpha value is -1.61. The Morgan fingerprint density at radius 2 is 2.00 bits per heavy atom. The van der Waals surface area contributed by atoms with Gasteiger partial charge in [0.2, 0.25) is 5.91 Å². The van der Waals surface area contributed by atoms with Crippen molar-refractivity contribution in [1.82, 2.24) is 10.6 Å². The summed E-state index contributed by atoms with van der Waals surface area (Å²) in [5, 5.41) is 22.8. The molecular weight excluding hydrogens is 246 g/mol. The Morgan fingerprint density at radius 1 is 1.32 bits per heavy atom. The summed E-state index contributed by atoms with van der Waals surface area (Å²) in [5.74, 6) is -1.21. The van der Waals surface area contributed by atoms with E-state index in [2.05, 4.69) is 10.6 Å². The molecule has 0 aliphatic rings. The van der Waals surface area contributed by atoms with Gasteiger partial charge in [0.15, 0.2) is 0 Å². The number of nitrogens with zero attached hydrogens (tertiary/aromatic N) is 1. The van der Waals surface area contributed by atoms with Gasteiger partial charge in [0, 0.05) is 12.6 Å². The van der Waals surface area contributed by atoms with Gasteiger partial charge < -0.3 is 15.7 Å². The molecule has 0 rings (SSSR count). The summed E-state index contributed by atoms with van der Waals surface area (Å²) < 4.78 is 0. The second-order valence-electron chi connectivity index (χ2n) is 4.71. The molecule has 0 saturated heterocycles. The maximum atomic E-state index is 11.3. The van der Waals surface area contributed by atoms with E-state index in [1.54, 1.807) is 6.92 Å². The van der Waals surface area contributed by atoms with E-state index in [0.717, 1.165) is 12.8 Å². The van der Waals surface area contributed by atoms with Crippen LogP contribution in [0.4, 0.5) is 0 Å². The van der Waals surface area contributed by atoms with E-state index in [4.69, 9.17) is 10.4 Å². The highest BCUT2D eigenvalue weighted by atomic mass is 16.4. The number of nitriles is 1. The zero-order chi connectivity index (χ0) is 14.7. The molecule has 3 N–H and O–H groups in total. The first-order chi connectivity index (χ1) is 8.97. The monoisotopic (exact) mass is 269 g/mol. The first-order valence-corrected chi connectivity index (χ1v) is 6.57. The number of carbonyl (C=O) groups excluding carboxylic acids is 1. The third kappa shape index (κ3) is 10.0. The Balaban J connectivity index is 3.59. The molecule has 2 atom stereocenters. The van der Waals surface area contributed by atoms with Crippen LogP contribution in [0.5, 0.6) is 0 Å². The fourth-order valence-corrected chi connectivity index (χ4v) is 1.54. The molecule has 0 fully saturated rings. The Morgan fingerprint density at radius 3 is 2.58 bits per heavy atom. The Bertz CT molecular complexity index is 326. The van der Waals surface area contributed by atoms with Gasteiger partial charge in [0.1, 0.15) is 0 Å². The molecule has 0 saturated carbocycles. The largest absolute Gasteiger partial charge is 0.481 e. The Labute approximate surface area is 114 Å². The minimum absolute atomic E-state index is 0.124. The van der Waals surface area contributed by atoms with Crippen molar-refractivity contribution >= 4 is 11.9 Å². The second-order valence-corrected chi connectivity index (χ2v) is 4.71. The quantitative estimate of drug-likeness (QED) is 0.511. The van der Waals surface area contributed by atoms with Gasteiger partial charge in [-0.2, -0.15) is 5.26 Å². The van der Waals surface area contributed by atoms with Gasteiger partial charge in [-0.1, -0.05) is 13.3 Å². The number of carboxylic acids is 1. The van der Waals surface area contributed by atoms with E-state index < -0.39 is 5.97 Å². The van der Waals surface area contributed by atoms with E-state index >= 15 is 0 Å². The lowest BCUT2D eigenvalue weighted by atomic mass is 10.0. The average Bonchev–Trinajstić information content (AvgIpc) is 2.36. The lowest BCUT2D eigenvalue weighted by Gasteiger charge is -2.14. The highest BCUT2D eigenvalue weighted by Crippen LogP contribution is 2.09. The summed E-state index contributed by atoms with van der Waals surface area (Å²) in [6.45, 7) is 4.26. The summed E-state index contributed by atoms with van der Waals surface area (Å²) in [7, 11) is 0. The van der Waals surface area contributed by atoms with E-state index in [0.29, 0.717) is 19.4 Å². The van der Waals surface area contributed by atoms with Crippen LogP contribution in [-0.4, -0.2) is 36.1 Å². The van der Waals surface area contributed by atoms with Crippen molar-refractivity contribution in [2.24, 2.45) is 5.92 Å². The lowest BCUT2D eigenvalue weighted by molar-refractivity contribution is -0.141. The third-order valence-electron chi connectivity index (χ3n) is 2.87. The molecule has 0 heterocycles. The van der Waals surface area contributed by atoms with Crippen LogP contribution in [-0.2, 0) is 9.59 Å². The summed E-state index contributed by atoms with van der Waals surface area (Å²) in [4.78, 5) is 22.0. The Kier molecular flexibility index (Phi) is 9.45. The minimum Gasteiger partial charge on any atom is -0.481 e. The molecule has 108 valence electrons. The SMILES string of the molecule is CC(CCCC(C)C(=O)O)NCC(=O)NCCC#N. The summed E-state index contributed by atoms with van der Waals surface area (Å²) in [5.41, 5.74) is 0. The van der Waals surface area contributed by atoms with Crippen molar-refractivity contribution in [3.63, 3.8) is 0 Å². The molecule has 0 spiro atoms. The highest BCUT2D eigenvalue weighted by Gasteiger charge is 2.11.